The van der Waals surface area contributed by atoms with Gasteiger partial charge in [0.15, 0.2) is 5.78 Å². The molecule has 20 heavy (non-hydrogen) atoms. The molecular weight excluding hydrogens is 264 g/mol. The third-order valence-electron chi connectivity index (χ3n) is 3.49. The van der Waals surface area contributed by atoms with E-state index in [4.69, 9.17) is 5.11 Å². The summed E-state index contributed by atoms with van der Waals surface area (Å²) < 4.78 is 0. The molecule has 1 aliphatic rings. The summed E-state index contributed by atoms with van der Waals surface area (Å²) in [4.78, 5) is 39.7. The first-order valence-corrected chi connectivity index (χ1v) is 6.10. The van der Waals surface area contributed by atoms with Crippen molar-refractivity contribution in [2.75, 3.05) is 13.1 Å². The first kappa shape index (κ1) is 14.0. The van der Waals surface area contributed by atoms with Crippen LogP contribution in [0, 0.1) is 5.41 Å². The number of amides is 1. The Morgan fingerprint density at radius 1 is 1.35 bits per heavy atom. The molecule has 1 fully saturated rings. The minimum absolute atomic E-state index is 0.0331. The molecule has 1 aromatic heterocycles. The van der Waals surface area contributed by atoms with Crippen LogP contribution in [0.3, 0.4) is 0 Å². The van der Waals surface area contributed by atoms with Gasteiger partial charge in [-0.05, 0) is 12.1 Å². The van der Waals surface area contributed by atoms with Crippen LogP contribution in [-0.2, 0) is 16.0 Å². The Morgan fingerprint density at radius 2 is 2.10 bits per heavy atom. The molecule has 1 unspecified atom stereocenters. The van der Waals surface area contributed by atoms with Gasteiger partial charge in [-0.25, -0.2) is 4.79 Å². The molecule has 2 rings (SSSR count). The Morgan fingerprint density at radius 3 is 2.65 bits per heavy atom. The van der Waals surface area contributed by atoms with Gasteiger partial charge >= 0.3 is 12.1 Å². The zero-order valence-electron chi connectivity index (χ0n) is 10.7. The summed E-state index contributed by atoms with van der Waals surface area (Å²) in [5.74, 6) is -1.76. The van der Waals surface area contributed by atoms with Crippen LogP contribution in [0.4, 0.5) is 4.79 Å². The van der Waals surface area contributed by atoms with E-state index in [9.17, 15) is 19.5 Å². The number of aromatic nitrogens is 1. The minimum Gasteiger partial charge on any atom is -0.480 e. The molecule has 1 aromatic rings. The zero-order valence-corrected chi connectivity index (χ0v) is 10.7. The highest BCUT2D eigenvalue weighted by Crippen LogP contribution is 2.31. The lowest BCUT2D eigenvalue weighted by atomic mass is 9.75. The lowest BCUT2D eigenvalue weighted by molar-refractivity contribution is -0.158. The van der Waals surface area contributed by atoms with Crippen molar-refractivity contribution in [3.8, 4) is 0 Å². The number of piperidine rings is 1. The summed E-state index contributed by atoms with van der Waals surface area (Å²) in [6.07, 6.45) is 0.0915. The first-order valence-electron chi connectivity index (χ1n) is 6.10. The molecule has 2 N–H and O–H groups in total. The van der Waals surface area contributed by atoms with Gasteiger partial charge in [0.05, 0.1) is 0 Å². The second-order valence-electron chi connectivity index (χ2n) is 4.76. The van der Waals surface area contributed by atoms with Crippen molar-refractivity contribution in [3.63, 3.8) is 0 Å². The smallest absolute Gasteiger partial charge is 0.407 e. The minimum atomic E-state index is -1.75. The van der Waals surface area contributed by atoms with Gasteiger partial charge in [-0.1, -0.05) is 6.07 Å². The highest BCUT2D eigenvalue weighted by molar-refractivity contribution is 6.04. The second-order valence-corrected chi connectivity index (χ2v) is 4.76. The average Bonchev–Trinajstić information content (AvgIpc) is 2.42. The number of carbonyl (C=O) groups is 3. The molecule has 106 valence electrons. The van der Waals surface area contributed by atoms with Crippen LogP contribution in [0.1, 0.15) is 12.1 Å². The van der Waals surface area contributed by atoms with E-state index >= 15 is 0 Å². The first-order chi connectivity index (χ1) is 9.45. The van der Waals surface area contributed by atoms with Gasteiger partial charge in [-0.3, -0.25) is 14.6 Å². The molecule has 7 nitrogen and oxygen atoms in total. The zero-order chi connectivity index (χ0) is 14.8. The number of rotatable bonds is 3. The molecule has 1 amide bonds. The van der Waals surface area contributed by atoms with Crippen molar-refractivity contribution in [1.82, 2.24) is 9.88 Å². The highest BCUT2D eigenvalue weighted by atomic mass is 16.4. The number of hydrogen-bond donors (Lipinski definition) is 2. The molecule has 0 bridgehead atoms. The lowest BCUT2D eigenvalue weighted by Crippen LogP contribution is -2.56. The molecule has 0 saturated carbocycles. The van der Waals surface area contributed by atoms with E-state index in [1.54, 1.807) is 18.2 Å². The highest BCUT2D eigenvalue weighted by Gasteiger charge is 2.50. The van der Waals surface area contributed by atoms with Crippen LogP contribution in [-0.4, -0.2) is 51.0 Å². The molecule has 1 atom stereocenters. The summed E-state index contributed by atoms with van der Waals surface area (Å²) in [5, 5.41) is 18.5. The molecule has 0 spiro atoms. The van der Waals surface area contributed by atoms with Gasteiger partial charge < -0.3 is 15.1 Å². The Hall–Kier alpha value is -2.44. The number of carbonyl (C=O) groups excluding carboxylic acids is 1. The number of carboxylic acids is 1. The van der Waals surface area contributed by atoms with E-state index in [1.807, 2.05) is 0 Å². The van der Waals surface area contributed by atoms with E-state index in [1.165, 1.54) is 6.20 Å². The van der Waals surface area contributed by atoms with Crippen molar-refractivity contribution in [2.24, 2.45) is 5.41 Å². The van der Waals surface area contributed by atoms with Crippen LogP contribution in [0.15, 0.2) is 24.4 Å². The van der Waals surface area contributed by atoms with Gasteiger partial charge in [-0.2, -0.15) is 0 Å². The number of likely N-dealkylation sites (tertiary alicyclic amines) is 1. The van der Waals surface area contributed by atoms with Gasteiger partial charge in [0.1, 0.15) is 5.41 Å². The molecule has 2 heterocycles. The predicted molar refractivity (Wildman–Crippen MR) is 67.2 cm³/mol. The Balaban J connectivity index is 2.34. The van der Waals surface area contributed by atoms with Gasteiger partial charge in [0, 0.05) is 37.8 Å². The van der Waals surface area contributed by atoms with Crippen LogP contribution in [0.2, 0.25) is 0 Å². The number of pyridine rings is 1. The van der Waals surface area contributed by atoms with Crippen molar-refractivity contribution in [3.05, 3.63) is 30.1 Å². The van der Waals surface area contributed by atoms with Crippen molar-refractivity contribution in [1.29, 1.82) is 0 Å². The fourth-order valence-electron chi connectivity index (χ4n) is 2.36. The van der Waals surface area contributed by atoms with Crippen LogP contribution < -0.4 is 0 Å². The molecule has 1 saturated heterocycles. The summed E-state index contributed by atoms with van der Waals surface area (Å²) in [6.45, 7) is -0.307. The van der Waals surface area contributed by atoms with E-state index < -0.39 is 23.3 Å². The maximum atomic E-state index is 12.1. The van der Waals surface area contributed by atoms with Gasteiger partial charge in [0.2, 0.25) is 0 Å². The fourth-order valence-corrected chi connectivity index (χ4v) is 2.36. The predicted octanol–water partition coefficient (Wildman–Crippen LogP) is 0.648. The van der Waals surface area contributed by atoms with E-state index in [-0.39, 0.29) is 25.9 Å². The van der Waals surface area contributed by atoms with E-state index in [2.05, 4.69) is 4.98 Å². The number of nitrogens with zero attached hydrogens (tertiary/aromatic N) is 2. The topological polar surface area (TPSA) is 108 Å². The summed E-state index contributed by atoms with van der Waals surface area (Å²) in [7, 11) is 0. The SMILES string of the molecule is O=C(O)N1CCC(=O)C(Cc2ccccn2)(C(=O)O)C1. The monoisotopic (exact) mass is 278 g/mol. The lowest BCUT2D eigenvalue weighted by Gasteiger charge is -2.37. The number of Topliss-reactive ketones (excluding diaryl/α,β-unsaturated/α-hetero) is 1. The van der Waals surface area contributed by atoms with Crippen LogP contribution in [0.25, 0.3) is 0 Å². The Labute approximate surface area is 114 Å². The maximum absolute atomic E-state index is 12.1. The maximum Gasteiger partial charge on any atom is 0.407 e. The normalized spacial score (nSPS) is 22.6. The molecule has 7 heteroatoms. The second kappa shape index (κ2) is 5.28. The Kier molecular flexibility index (Phi) is 3.69. The quantitative estimate of drug-likeness (QED) is 0.786. The summed E-state index contributed by atoms with van der Waals surface area (Å²) in [5.41, 5.74) is -1.29. The number of carboxylic acid groups (broad SMARTS) is 2. The van der Waals surface area contributed by atoms with Crippen molar-refractivity contribution >= 4 is 17.8 Å². The summed E-state index contributed by atoms with van der Waals surface area (Å²) in [6, 6.07) is 5.00. The van der Waals surface area contributed by atoms with Gasteiger partial charge in [-0.15, -0.1) is 0 Å². The summed E-state index contributed by atoms with van der Waals surface area (Å²) >= 11 is 0. The molecule has 0 radical (unpaired) electrons. The molecule has 0 aromatic carbocycles. The largest absolute Gasteiger partial charge is 0.480 e. The fraction of sp³-hybridized carbons (Fsp3) is 0.385. The van der Waals surface area contributed by atoms with E-state index in [0.29, 0.717) is 5.69 Å². The average molecular weight is 278 g/mol. The van der Waals surface area contributed by atoms with Crippen LogP contribution in [0.5, 0.6) is 0 Å². The van der Waals surface area contributed by atoms with Crippen molar-refractivity contribution in [2.45, 2.75) is 12.8 Å². The van der Waals surface area contributed by atoms with E-state index in [0.717, 1.165) is 4.90 Å². The van der Waals surface area contributed by atoms with Gasteiger partial charge in [0.25, 0.3) is 0 Å². The number of aliphatic carboxylic acids is 1. The third kappa shape index (κ3) is 2.47. The third-order valence-corrected chi connectivity index (χ3v) is 3.49. The van der Waals surface area contributed by atoms with Crippen molar-refractivity contribution < 1.29 is 24.6 Å². The Bertz CT molecular complexity index is 545. The molecule has 1 aliphatic heterocycles. The number of ketones is 1. The van der Waals surface area contributed by atoms with Crippen LogP contribution >= 0.6 is 0 Å². The molecule has 0 aliphatic carbocycles. The number of hydrogen-bond acceptors (Lipinski definition) is 4. The molecular formula is C13H14N2O5. The standard InChI is InChI=1S/C13H14N2O5/c16-10-4-6-15(12(19)20)8-13(10,11(17)18)7-9-3-1-2-5-14-9/h1-3,5H,4,6-8H2,(H,17,18)(H,19,20).